The summed E-state index contributed by atoms with van der Waals surface area (Å²) in [5.74, 6) is -0.654. The van der Waals surface area contributed by atoms with Gasteiger partial charge < -0.3 is 15.2 Å². The van der Waals surface area contributed by atoms with Crippen LogP contribution >= 0.6 is 0 Å². The van der Waals surface area contributed by atoms with Gasteiger partial charge >= 0.3 is 5.97 Å². The molecule has 5 nitrogen and oxygen atoms in total. The first-order valence-electron chi connectivity index (χ1n) is 8.14. The zero-order chi connectivity index (χ0) is 18.4. The molecular formula is C20H23NO4. The summed E-state index contributed by atoms with van der Waals surface area (Å²) in [6.45, 7) is 3.78. The maximum absolute atomic E-state index is 12.3. The van der Waals surface area contributed by atoms with E-state index in [1.807, 2.05) is 44.2 Å². The number of nitrogens with one attached hydrogen (secondary N) is 1. The number of para-hydroxylation sites is 1. The molecule has 2 aromatic carbocycles. The number of carboxylic acid groups (broad SMARTS) is 1. The van der Waals surface area contributed by atoms with Crippen LogP contribution in [0.4, 0.5) is 0 Å². The van der Waals surface area contributed by atoms with Gasteiger partial charge in [0.1, 0.15) is 5.75 Å². The lowest BCUT2D eigenvalue weighted by atomic mass is 9.97. The van der Waals surface area contributed by atoms with Gasteiger partial charge in [-0.3, -0.25) is 4.79 Å². The third kappa shape index (κ3) is 4.59. The van der Waals surface area contributed by atoms with Gasteiger partial charge in [-0.05, 0) is 48.6 Å². The summed E-state index contributed by atoms with van der Waals surface area (Å²) in [5, 5.41) is 12.2. The fourth-order valence-electron chi connectivity index (χ4n) is 2.75. The molecule has 0 aliphatic heterocycles. The van der Waals surface area contributed by atoms with Gasteiger partial charge in [-0.25, -0.2) is 4.79 Å². The summed E-state index contributed by atoms with van der Waals surface area (Å²) in [6.07, 6.45) is 0.671. The van der Waals surface area contributed by atoms with E-state index in [4.69, 9.17) is 4.74 Å². The number of rotatable bonds is 7. The molecular weight excluding hydrogens is 318 g/mol. The SMILES string of the molecule is COc1ccccc1CCC(=O)NC(C(=O)O)c1cccc(C)c1C. The summed E-state index contributed by atoms with van der Waals surface area (Å²) in [4.78, 5) is 23.9. The molecule has 0 aromatic heterocycles. The van der Waals surface area contributed by atoms with E-state index in [0.29, 0.717) is 12.0 Å². The molecule has 0 saturated heterocycles. The van der Waals surface area contributed by atoms with Gasteiger partial charge in [0, 0.05) is 6.42 Å². The second-order valence-corrected chi connectivity index (χ2v) is 5.94. The van der Waals surface area contributed by atoms with Gasteiger partial charge in [0.05, 0.1) is 7.11 Å². The standard InChI is InChI=1S/C20H23NO4/c1-13-7-6-9-16(14(13)2)19(20(23)24)21-18(22)12-11-15-8-4-5-10-17(15)25-3/h4-10,19H,11-12H2,1-3H3,(H,21,22)(H,23,24). The highest BCUT2D eigenvalue weighted by molar-refractivity contribution is 5.85. The number of aliphatic carboxylic acids is 1. The summed E-state index contributed by atoms with van der Waals surface area (Å²) in [6, 6.07) is 11.9. The first-order valence-corrected chi connectivity index (χ1v) is 8.14. The second kappa shape index (κ2) is 8.33. The van der Waals surface area contributed by atoms with Crippen LogP contribution in [0.2, 0.25) is 0 Å². The lowest BCUT2D eigenvalue weighted by Gasteiger charge is -2.18. The van der Waals surface area contributed by atoms with Gasteiger partial charge in [0.25, 0.3) is 0 Å². The Bertz CT molecular complexity index is 770. The molecule has 2 N–H and O–H groups in total. The number of benzene rings is 2. The van der Waals surface area contributed by atoms with Crippen molar-refractivity contribution in [3.63, 3.8) is 0 Å². The summed E-state index contributed by atoms with van der Waals surface area (Å²) < 4.78 is 5.27. The maximum Gasteiger partial charge on any atom is 0.330 e. The van der Waals surface area contributed by atoms with Crippen LogP contribution in [0.1, 0.15) is 34.7 Å². The summed E-state index contributed by atoms with van der Waals surface area (Å²) in [7, 11) is 1.58. The van der Waals surface area contributed by atoms with Crippen molar-refractivity contribution in [3.05, 3.63) is 64.7 Å². The minimum absolute atomic E-state index is 0.190. The van der Waals surface area contributed by atoms with Crippen LogP contribution in [-0.2, 0) is 16.0 Å². The molecule has 0 aliphatic rings. The first-order chi connectivity index (χ1) is 11.9. The van der Waals surface area contributed by atoms with E-state index in [-0.39, 0.29) is 12.3 Å². The predicted molar refractivity (Wildman–Crippen MR) is 95.8 cm³/mol. The van der Waals surface area contributed by atoms with E-state index in [0.717, 1.165) is 22.4 Å². The van der Waals surface area contributed by atoms with Crippen LogP contribution in [0.25, 0.3) is 0 Å². The highest BCUT2D eigenvalue weighted by Crippen LogP contribution is 2.22. The van der Waals surface area contributed by atoms with Crippen molar-refractivity contribution in [2.24, 2.45) is 0 Å². The van der Waals surface area contributed by atoms with Crippen molar-refractivity contribution >= 4 is 11.9 Å². The van der Waals surface area contributed by atoms with Gasteiger partial charge in [-0.1, -0.05) is 36.4 Å². The Morgan fingerprint density at radius 1 is 1.12 bits per heavy atom. The average Bonchev–Trinajstić information content (AvgIpc) is 2.60. The quantitative estimate of drug-likeness (QED) is 0.811. The van der Waals surface area contributed by atoms with Crippen molar-refractivity contribution in [2.45, 2.75) is 32.7 Å². The van der Waals surface area contributed by atoms with Crippen molar-refractivity contribution in [1.82, 2.24) is 5.32 Å². The van der Waals surface area contributed by atoms with E-state index in [1.165, 1.54) is 0 Å². The van der Waals surface area contributed by atoms with Crippen LogP contribution < -0.4 is 10.1 Å². The monoisotopic (exact) mass is 341 g/mol. The molecule has 25 heavy (non-hydrogen) atoms. The smallest absolute Gasteiger partial charge is 0.330 e. The normalized spacial score (nSPS) is 11.6. The second-order valence-electron chi connectivity index (χ2n) is 5.94. The molecule has 5 heteroatoms. The Kier molecular flexibility index (Phi) is 6.17. The fraction of sp³-hybridized carbons (Fsp3) is 0.300. The third-order valence-electron chi connectivity index (χ3n) is 4.32. The number of carbonyl (C=O) groups excluding carboxylic acids is 1. The van der Waals surface area contributed by atoms with E-state index < -0.39 is 12.0 Å². The molecule has 0 bridgehead atoms. The Balaban J connectivity index is 2.08. The van der Waals surface area contributed by atoms with Gasteiger partial charge in [-0.15, -0.1) is 0 Å². The minimum Gasteiger partial charge on any atom is -0.496 e. The average molecular weight is 341 g/mol. The summed E-state index contributed by atoms with van der Waals surface area (Å²) >= 11 is 0. The van der Waals surface area contributed by atoms with Crippen LogP contribution in [0.3, 0.4) is 0 Å². The number of methoxy groups -OCH3 is 1. The third-order valence-corrected chi connectivity index (χ3v) is 4.32. The van der Waals surface area contributed by atoms with E-state index >= 15 is 0 Å². The highest BCUT2D eigenvalue weighted by atomic mass is 16.5. The lowest BCUT2D eigenvalue weighted by Crippen LogP contribution is -2.34. The fourth-order valence-corrected chi connectivity index (χ4v) is 2.75. The summed E-state index contributed by atoms with van der Waals surface area (Å²) in [5.41, 5.74) is 3.39. The molecule has 1 amide bonds. The molecule has 1 atom stereocenters. The highest BCUT2D eigenvalue weighted by Gasteiger charge is 2.24. The number of carbonyl (C=O) groups is 2. The molecule has 1 unspecified atom stereocenters. The minimum atomic E-state index is -1.07. The van der Waals surface area contributed by atoms with Crippen molar-refractivity contribution in [2.75, 3.05) is 7.11 Å². The van der Waals surface area contributed by atoms with E-state index in [2.05, 4.69) is 5.32 Å². The predicted octanol–water partition coefficient (Wildman–Crippen LogP) is 3.19. The number of aryl methyl sites for hydroxylation is 2. The topological polar surface area (TPSA) is 75.6 Å². The number of hydrogen-bond donors (Lipinski definition) is 2. The molecule has 2 aromatic rings. The lowest BCUT2D eigenvalue weighted by molar-refractivity contribution is -0.142. The number of carboxylic acids is 1. The molecule has 0 saturated carbocycles. The van der Waals surface area contributed by atoms with Gasteiger partial charge in [-0.2, -0.15) is 0 Å². The zero-order valence-electron chi connectivity index (χ0n) is 14.7. The maximum atomic E-state index is 12.3. The van der Waals surface area contributed by atoms with Crippen molar-refractivity contribution < 1.29 is 19.4 Å². The molecule has 132 valence electrons. The molecule has 0 fully saturated rings. The van der Waals surface area contributed by atoms with Crippen LogP contribution in [0.15, 0.2) is 42.5 Å². The van der Waals surface area contributed by atoms with Gasteiger partial charge in [0.2, 0.25) is 5.91 Å². The first kappa shape index (κ1) is 18.5. The van der Waals surface area contributed by atoms with Gasteiger partial charge in [0.15, 0.2) is 6.04 Å². The number of amides is 1. The molecule has 0 heterocycles. The number of hydrogen-bond acceptors (Lipinski definition) is 3. The molecule has 0 radical (unpaired) electrons. The Morgan fingerprint density at radius 3 is 2.52 bits per heavy atom. The van der Waals surface area contributed by atoms with E-state index in [1.54, 1.807) is 19.2 Å². The molecule has 0 aliphatic carbocycles. The largest absolute Gasteiger partial charge is 0.496 e. The molecule has 0 spiro atoms. The van der Waals surface area contributed by atoms with Crippen LogP contribution in [0.5, 0.6) is 5.75 Å². The zero-order valence-corrected chi connectivity index (χ0v) is 14.7. The van der Waals surface area contributed by atoms with Crippen molar-refractivity contribution in [3.8, 4) is 5.75 Å². The Morgan fingerprint density at radius 2 is 1.84 bits per heavy atom. The Hall–Kier alpha value is -2.82. The number of ether oxygens (including phenoxy) is 1. The molecule has 2 rings (SSSR count). The van der Waals surface area contributed by atoms with Crippen molar-refractivity contribution in [1.29, 1.82) is 0 Å². The van der Waals surface area contributed by atoms with Crippen LogP contribution in [0, 0.1) is 13.8 Å². The van der Waals surface area contributed by atoms with Crippen LogP contribution in [-0.4, -0.2) is 24.1 Å². The Labute approximate surface area is 147 Å². The van der Waals surface area contributed by atoms with E-state index in [9.17, 15) is 14.7 Å².